The zero-order valence-corrected chi connectivity index (χ0v) is 15.5. The molecule has 0 aromatic carbocycles. The molecule has 5 atom stereocenters. The van der Waals surface area contributed by atoms with Gasteiger partial charge in [0.05, 0.1) is 0 Å². The minimum absolute atomic E-state index is 0.304. The second-order valence-electron chi connectivity index (χ2n) is 5.32. The molecule has 1 aliphatic heterocycles. The lowest BCUT2D eigenvalue weighted by Gasteiger charge is -2.43. The van der Waals surface area contributed by atoms with E-state index in [1.54, 1.807) is 0 Å². The van der Waals surface area contributed by atoms with E-state index in [-0.39, 0.29) is 6.61 Å². The number of hydrogen-bond acceptors (Lipinski definition) is 10. The summed E-state index contributed by atoms with van der Waals surface area (Å²) < 4.78 is 31.1. The fourth-order valence-corrected chi connectivity index (χ4v) is 2.43. The Morgan fingerprint density at radius 2 is 1.46 bits per heavy atom. The van der Waals surface area contributed by atoms with Gasteiger partial charge in [0.15, 0.2) is 24.6 Å². The lowest BCUT2D eigenvalue weighted by molar-refractivity contribution is -0.302. The van der Waals surface area contributed by atoms with Gasteiger partial charge in [-0.3, -0.25) is 19.2 Å². The van der Waals surface area contributed by atoms with Crippen molar-refractivity contribution in [3.8, 4) is 0 Å². The SMILES string of the molecule is CO[C@@H]1O[C@H](COC(C)=O)[C@@H](OC(C)=O)[C@H](OC(C)=O)[C@H]1OC(=O)CCl. The Morgan fingerprint density at radius 3 is 1.92 bits per heavy atom. The highest BCUT2D eigenvalue weighted by Crippen LogP contribution is 2.29. The van der Waals surface area contributed by atoms with Crippen LogP contribution in [0.15, 0.2) is 0 Å². The third-order valence-corrected chi connectivity index (χ3v) is 3.47. The molecule has 0 aromatic rings. The van der Waals surface area contributed by atoms with Gasteiger partial charge in [0, 0.05) is 27.9 Å². The van der Waals surface area contributed by atoms with Crippen molar-refractivity contribution in [1.82, 2.24) is 0 Å². The highest BCUT2D eigenvalue weighted by atomic mass is 35.5. The van der Waals surface area contributed by atoms with Crippen LogP contribution in [0.1, 0.15) is 20.8 Å². The Labute approximate surface area is 154 Å². The first-order chi connectivity index (χ1) is 12.2. The molecule has 0 bridgehead atoms. The first-order valence-electron chi connectivity index (χ1n) is 7.61. The number of rotatable bonds is 7. The topological polar surface area (TPSA) is 124 Å². The van der Waals surface area contributed by atoms with Crippen molar-refractivity contribution >= 4 is 35.5 Å². The molecule has 0 aromatic heterocycles. The highest BCUT2D eigenvalue weighted by molar-refractivity contribution is 6.26. The normalized spacial score (nSPS) is 28.0. The smallest absolute Gasteiger partial charge is 0.321 e. The molecule has 1 aliphatic rings. The summed E-state index contributed by atoms with van der Waals surface area (Å²) in [5.74, 6) is -3.30. The molecule has 0 N–H and O–H groups in total. The van der Waals surface area contributed by atoms with E-state index in [9.17, 15) is 19.2 Å². The molecule has 1 saturated heterocycles. The molecule has 0 unspecified atom stereocenters. The quantitative estimate of drug-likeness (QED) is 0.328. The second kappa shape index (κ2) is 10.3. The van der Waals surface area contributed by atoms with Crippen molar-refractivity contribution in [2.45, 2.75) is 51.5 Å². The van der Waals surface area contributed by atoms with Gasteiger partial charge in [-0.05, 0) is 0 Å². The van der Waals surface area contributed by atoms with Gasteiger partial charge in [0.2, 0.25) is 0 Å². The Kier molecular flexibility index (Phi) is 8.76. The van der Waals surface area contributed by atoms with E-state index in [0.717, 1.165) is 13.8 Å². The summed E-state index contributed by atoms with van der Waals surface area (Å²) in [6.07, 6.45) is -5.94. The number of methoxy groups -OCH3 is 1. The van der Waals surface area contributed by atoms with E-state index in [1.807, 2.05) is 0 Å². The maximum absolute atomic E-state index is 11.6. The largest absolute Gasteiger partial charge is 0.463 e. The summed E-state index contributed by atoms with van der Waals surface area (Å²) in [5.41, 5.74) is 0. The van der Waals surface area contributed by atoms with Crippen LogP contribution in [0.3, 0.4) is 0 Å². The van der Waals surface area contributed by atoms with Gasteiger partial charge < -0.3 is 28.4 Å². The third kappa shape index (κ3) is 6.43. The van der Waals surface area contributed by atoms with Crippen molar-refractivity contribution < 1.29 is 47.6 Å². The molecule has 0 spiro atoms. The van der Waals surface area contributed by atoms with Gasteiger partial charge in [-0.1, -0.05) is 0 Å². The van der Waals surface area contributed by atoms with Gasteiger partial charge in [0.25, 0.3) is 0 Å². The molecule has 0 amide bonds. The second-order valence-corrected chi connectivity index (χ2v) is 5.58. The number of carbonyl (C=O) groups excluding carboxylic acids is 4. The van der Waals surface area contributed by atoms with E-state index >= 15 is 0 Å². The number of esters is 4. The van der Waals surface area contributed by atoms with E-state index in [1.165, 1.54) is 14.0 Å². The standard InChI is InChI=1S/C15H21ClO10/c1-7(17)22-6-10-12(23-8(2)18)13(24-9(3)19)14(15(21-4)25-10)26-11(20)5-16/h10,12-15H,5-6H2,1-4H3/t10-,12-,13+,14-,15-/m1/s1. The number of halogens is 1. The fraction of sp³-hybridized carbons (Fsp3) is 0.733. The molecule has 0 aliphatic carbocycles. The Hall–Kier alpha value is -1.91. The average Bonchev–Trinajstić information content (AvgIpc) is 2.55. The fourth-order valence-electron chi connectivity index (χ4n) is 2.37. The van der Waals surface area contributed by atoms with Gasteiger partial charge in [-0.2, -0.15) is 0 Å². The van der Waals surface area contributed by atoms with Crippen molar-refractivity contribution in [3.05, 3.63) is 0 Å². The zero-order valence-electron chi connectivity index (χ0n) is 14.8. The van der Waals surface area contributed by atoms with Gasteiger partial charge >= 0.3 is 23.9 Å². The monoisotopic (exact) mass is 396 g/mol. The predicted molar refractivity (Wildman–Crippen MR) is 84.0 cm³/mol. The van der Waals surface area contributed by atoms with E-state index < -0.39 is 60.5 Å². The maximum atomic E-state index is 11.6. The van der Waals surface area contributed by atoms with Crippen molar-refractivity contribution in [3.63, 3.8) is 0 Å². The van der Waals surface area contributed by atoms with Crippen LogP contribution in [0.4, 0.5) is 0 Å². The Balaban J connectivity index is 3.20. The maximum Gasteiger partial charge on any atom is 0.321 e. The Morgan fingerprint density at radius 1 is 0.885 bits per heavy atom. The predicted octanol–water partition coefficient (Wildman–Crippen LogP) is -0.0652. The molecule has 1 fully saturated rings. The highest BCUT2D eigenvalue weighted by Gasteiger charge is 2.52. The average molecular weight is 397 g/mol. The van der Waals surface area contributed by atoms with Crippen molar-refractivity contribution in [1.29, 1.82) is 0 Å². The van der Waals surface area contributed by atoms with Crippen LogP contribution in [0.25, 0.3) is 0 Å². The van der Waals surface area contributed by atoms with Crippen LogP contribution >= 0.6 is 11.6 Å². The van der Waals surface area contributed by atoms with E-state index in [2.05, 4.69) is 0 Å². The molecule has 0 radical (unpaired) electrons. The van der Waals surface area contributed by atoms with Crippen molar-refractivity contribution in [2.24, 2.45) is 0 Å². The van der Waals surface area contributed by atoms with Crippen LogP contribution in [0.2, 0.25) is 0 Å². The summed E-state index contributed by atoms with van der Waals surface area (Å²) in [5, 5.41) is 0. The molecule has 148 valence electrons. The summed E-state index contributed by atoms with van der Waals surface area (Å²) in [6, 6.07) is 0. The minimum Gasteiger partial charge on any atom is -0.463 e. The van der Waals surface area contributed by atoms with Crippen LogP contribution in [-0.2, 0) is 47.6 Å². The summed E-state index contributed by atoms with van der Waals surface area (Å²) >= 11 is 5.44. The molecular formula is C15H21ClO10. The minimum atomic E-state index is -1.26. The van der Waals surface area contributed by atoms with Crippen LogP contribution in [0.5, 0.6) is 0 Å². The third-order valence-electron chi connectivity index (χ3n) is 3.26. The van der Waals surface area contributed by atoms with Gasteiger partial charge in [-0.25, -0.2) is 0 Å². The first-order valence-corrected chi connectivity index (χ1v) is 8.14. The number of hydrogen-bond donors (Lipinski definition) is 0. The summed E-state index contributed by atoms with van der Waals surface area (Å²) in [4.78, 5) is 45.7. The summed E-state index contributed by atoms with van der Waals surface area (Å²) in [6.45, 7) is 3.15. The number of carbonyl (C=O) groups is 4. The van der Waals surface area contributed by atoms with Crippen LogP contribution in [-0.4, -0.2) is 74.2 Å². The van der Waals surface area contributed by atoms with E-state index in [0.29, 0.717) is 0 Å². The molecule has 0 saturated carbocycles. The molecule has 11 heteroatoms. The van der Waals surface area contributed by atoms with Gasteiger partial charge in [0.1, 0.15) is 18.6 Å². The number of ether oxygens (including phenoxy) is 6. The van der Waals surface area contributed by atoms with Gasteiger partial charge in [-0.15, -0.1) is 11.6 Å². The first kappa shape index (κ1) is 22.1. The van der Waals surface area contributed by atoms with Crippen molar-refractivity contribution in [2.75, 3.05) is 19.6 Å². The Bertz CT molecular complexity index is 537. The molecule has 1 rings (SSSR count). The molecule has 10 nitrogen and oxygen atoms in total. The molecule has 1 heterocycles. The number of alkyl halides is 1. The lowest BCUT2D eigenvalue weighted by atomic mass is 9.98. The van der Waals surface area contributed by atoms with Crippen LogP contribution in [0, 0.1) is 0 Å². The van der Waals surface area contributed by atoms with Crippen LogP contribution < -0.4 is 0 Å². The lowest BCUT2D eigenvalue weighted by Crippen LogP contribution is -2.62. The zero-order chi connectivity index (χ0) is 19.9. The molecule has 26 heavy (non-hydrogen) atoms. The summed E-state index contributed by atoms with van der Waals surface area (Å²) in [7, 11) is 1.27. The molecular weight excluding hydrogens is 376 g/mol. The van der Waals surface area contributed by atoms with E-state index in [4.69, 9.17) is 40.0 Å².